The van der Waals surface area contributed by atoms with E-state index in [1.807, 2.05) is 30.3 Å². The number of nitrogens with zero attached hydrogens (tertiary/aromatic N) is 1. The van der Waals surface area contributed by atoms with E-state index < -0.39 is 6.09 Å². The summed E-state index contributed by atoms with van der Waals surface area (Å²) in [5.41, 5.74) is 6.75. The topological polar surface area (TPSA) is 88.7 Å². The van der Waals surface area contributed by atoms with Crippen LogP contribution in [0.25, 0.3) is 0 Å². The fourth-order valence-electron chi connectivity index (χ4n) is 2.01. The molecule has 0 aliphatic carbocycles. The number of guanidine groups is 1. The molecule has 7 heteroatoms. The predicted octanol–water partition coefficient (Wildman–Crippen LogP) is 3.19. The molecular weight excluding hydrogens is 407 g/mol. The Balaban J connectivity index is 0.00000484. The van der Waals surface area contributed by atoms with Crippen LogP contribution in [0.15, 0.2) is 35.3 Å². The van der Waals surface area contributed by atoms with Crippen LogP contribution < -0.4 is 16.4 Å². The summed E-state index contributed by atoms with van der Waals surface area (Å²) in [6.07, 6.45) is 0.388. The highest BCUT2D eigenvalue weighted by Crippen LogP contribution is 2.07. The van der Waals surface area contributed by atoms with E-state index >= 15 is 0 Å². The van der Waals surface area contributed by atoms with Gasteiger partial charge in [0.05, 0.1) is 19.2 Å². The molecule has 23 heavy (non-hydrogen) atoms. The summed E-state index contributed by atoms with van der Waals surface area (Å²) in [7, 11) is 0. The Morgan fingerprint density at radius 1 is 1.30 bits per heavy atom. The van der Waals surface area contributed by atoms with Crippen molar-refractivity contribution in [3.05, 3.63) is 30.3 Å². The van der Waals surface area contributed by atoms with Crippen molar-refractivity contribution < 1.29 is 9.53 Å². The molecule has 1 aromatic carbocycles. The van der Waals surface area contributed by atoms with Crippen LogP contribution in [-0.4, -0.2) is 31.2 Å². The van der Waals surface area contributed by atoms with Crippen molar-refractivity contribution in [3.63, 3.8) is 0 Å². The molecule has 0 radical (unpaired) electrons. The van der Waals surface area contributed by atoms with Gasteiger partial charge in [0.15, 0.2) is 5.96 Å². The third-order valence-corrected chi connectivity index (χ3v) is 2.88. The number of carbonyl (C=O) groups is 1. The Labute approximate surface area is 155 Å². The Morgan fingerprint density at radius 2 is 1.96 bits per heavy atom. The van der Waals surface area contributed by atoms with E-state index in [9.17, 15) is 4.79 Å². The van der Waals surface area contributed by atoms with Crippen molar-refractivity contribution in [3.8, 4) is 0 Å². The van der Waals surface area contributed by atoms with Crippen LogP contribution in [0.3, 0.4) is 0 Å². The van der Waals surface area contributed by atoms with Gasteiger partial charge in [-0.05, 0) is 31.4 Å². The van der Waals surface area contributed by atoms with Crippen LogP contribution in [-0.2, 0) is 4.74 Å². The number of amides is 1. The lowest BCUT2D eigenvalue weighted by Crippen LogP contribution is -2.39. The van der Waals surface area contributed by atoms with Crippen LogP contribution in [0.4, 0.5) is 10.5 Å². The lowest BCUT2D eigenvalue weighted by Gasteiger charge is -2.18. The number of ether oxygens (including phenoxy) is 1. The van der Waals surface area contributed by atoms with E-state index in [4.69, 9.17) is 10.5 Å². The molecular formula is C16H27IN4O2. The number of rotatable bonds is 7. The predicted molar refractivity (Wildman–Crippen MR) is 105 cm³/mol. The van der Waals surface area contributed by atoms with Gasteiger partial charge in [-0.2, -0.15) is 0 Å². The number of carbonyl (C=O) groups excluding carboxylic acids is 1. The zero-order valence-electron chi connectivity index (χ0n) is 13.9. The van der Waals surface area contributed by atoms with E-state index in [0.717, 1.165) is 12.1 Å². The molecule has 0 aliphatic heterocycles. The second kappa shape index (κ2) is 12.0. The number of nitrogens with two attached hydrogens (primary N) is 1. The summed E-state index contributed by atoms with van der Waals surface area (Å²) >= 11 is 0. The number of benzene rings is 1. The average Bonchev–Trinajstić information content (AvgIpc) is 2.45. The van der Waals surface area contributed by atoms with Crippen molar-refractivity contribution in [2.24, 2.45) is 16.6 Å². The van der Waals surface area contributed by atoms with Crippen LogP contribution in [0.1, 0.15) is 27.2 Å². The van der Waals surface area contributed by atoms with Gasteiger partial charge in [-0.1, -0.05) is 32.0 Å². The first kappa shape index (κ1) is 21.5. The lowest BCUT2D eigenvalue weighted by molar-refractivity contribution is 0.147. The van der Waals surface area contributed by atoms with Gasteiger partial charge in [0.1, 0.15) is 0 Å². The number of anilines is 1. The molecule has 0 aromatic heterocycles. The molecule has 0 heterocycles. The summed E-state index contributed by atoms with van der Waals surface area (Å²) < 4.78 is 4.91. The van der Waals surface area contributed by atoms with Crippen molar-refractivity contribution in [1.82, 2.24) is 5.32 Å². The minimum atomic E-state index is -0.419. The van der Waals surface area contributed by atoms with Crippen molar-refractivity contribution in [1.29, 1.82) is 0 Å². The summed E-state index contributed by atoms with van der Waals surface area (Å²) in [5.74, 6) is 0.760. The monoisotopic (exact) mass is 434 g/mol. The molecule has 0 spiro atoms. The molecule has 130 valence electrons. The quantitative estimate of drug-likeness (QED) is 0.350. The maximum atomic E-state index is 11.5. The first-order chi connectivity index (χ1) is 10.5. The molecule has 0 saturated heterocycles. The molecule has 1 aromatic rings. The second-order valence-electron chi connectivity index (χ2n) is 5.41. The fourth-order valence-corrected chi connectivity index (χ4v) is 2.01. The van der Waals surface area contributed by atoms with Crippen LogP contribution >= 0.6 is 24.0 Å². The first-order valence-electron chi connectivity index (χ1n) is 7.56. The highest BCUT2D eigenvalue weighted by Gasteiger charge is 2.14. The molecule has 1 amide bonds. The van der Waals surface area contributed by atoms with Crippen molar-refractivity contribution >= 4 is 41.7 Å². The third kappa shape index (κ3) is 9.98. The number of alkyl carbamates (subject to hydrolysis) is 1. The Morgan fingerprint density at radius 3 is 2.52 bits per heavy atom. The van der Waals surface area contributed by atoms with Crippen molar-refractivity contribution in [2.45, 2.75) is 33.2 Å². The van der Waals surface area contributed by atoms with Crippen LogP contribution in [0, 0.1) is 5.92 Å². The molecule has 6 nitrogen and oxygen atoms in total. The number of hydrogen-bond donors (Lipinski definition) is 3. The summed E-state index contributed by atoms with van der Waals surface area (Å²) in [4.78, 5) is 15.8. The van der Waals surface area contributed by atoms with Crippen LogP contribution in [0.5, 0.6) is 0 Å². The zero-order chi connectivity index (χ0) is 16.4. The lowest BCUT2D eigenvalue weighted by atomic mass is 10.0. The number of halogens is 1. The highest BCUT2D eigenvalue weighted by atomic mass is 127. The molecule has 1 atom stereocenters. The summed E-state index contributed by atoms with van der Waals surface area (Å²) in [6.45, 7) is 6.71. The minimum absolute atomic E-state index is 0. The normalized spacial score (nSPS) is 12.3. The molecule has 0 fully saturated rings. The standard InChI is InChI=1S/C16H26N4O2.HI/c1-4-22-16(21)20-14(10-12(2)3)11-18-15(17)19-13-8-6-5-7-9-13;/h5-9,12,14H,4,10-11H2,1-3H3,(H,20,21)(H3,17,18,19);1H. The Kier molecular flexibility index (Phi) is 11.2. The smallest absolute Gasteiger partial charge is 0.407 e. The highest BCUT2D eigenvalue weighted by molar-refractivity contribution is 14.0. The molecule has 0 saturated carbocycles. The maximum absolute atomic E-state index is 11.5. The average molecular weight is 434 g/mol. The number of nitrogens with one attached hydrogen (secondary N) is 2. The van der Waals surface area contributed by atoms with E-state index in [0.29, 0.717) is 25.0 Å². The van der Waals surface area contributed by atoms with Gasteiger partial charge in [-0.3, -0.25) is 4.99 Å². The molecule has 0 aliphatic rings. The van der Waals surface area contributed by atoms with Gasteiger partial charge in [0, 0.05) is 5.69 Å². The summed E-state index contributed by atoms with van der Waals surface area (Å²) in [5, 5.41) is 5.83. The van der Waals surface area contributed by atoms with E-state index in [-0.39, 0.29) is 30.0 Å². The van der Waals surface area contributed by atoms with Crippen molar-refractivity contribution in [2.75, 3.05) is 18.5 Å². The first-order valence-corrected chi connectivity index (χ1v) is 7.56. The molecule has 1 rings (SSSR count). The van der Waals surface area contributed by atoms with Gasteiger partial charge in [0.25, 0.3) is 0 Å². The number of hydrogen-bond acceptors (Lipinski definition) is 3. The number of aliphatic imine (C=N–C) groups is 1. The third-order valence-electron chi connectivity index (χ3n) is 2.88. The SMILES string of the molecule is CCOC(=O)NC(CN=C(N)Nc1ccccc1)CC(C)C.I. The minimum Gasteiger partial charge on any atom is -0.450 e. The van der Waals surface area contributed by atoms with E-state index in [2.05, 4.69) is 29.5 Å². The van der Waals surface area contributed by atoms with Gasteiger partial charge in [0.2, 0.25) is 0 Å². The van der Waals surface area contributed by atoms with E-state index in [1.54, 1.807) is 6.92 Å². The van der Waals surface area contributed by atoms with E-state index in [1.165, 1.54) is 0 Å². The van der Waals surface area contributed by atoms with Gasteiger partial charge in [-0.15, -0.1) is 24.0 Å². The fraction of sp³-hybridized carbons (Fsp3) is 0.500. The largest absolute Gasteiger partial charge is 0.450 e. The summed E-state index contributed by atoms with van der Waals surface area (Å²) in [6, 6.07) is 9.48. The maximum Gasteiger partial charge on any atom is 0.407 e. The zero-order valence-corrected chi connectivity index (χ0v) is 16.2. The van der Waals surface area contributed by atoms with Crippen LogP contribution in [0.2, 0.25) is 0 Å². The molecule has 4 N–H and O–H groups in total. The molecule has 0 bridgehead atoms. The second-order valence-corrected chi connectivity index (χ2v) is 5.41. The van der Waals surface area contributed by atoms with Gasteiger partial charge < -0.3 is 21.1 Å². The molecule has 1 unspecified atom stereocenters. The Bertz CT molecular complexity index is 480. The Hall–Kier alpha value is -1.51. The van der Waals surface area contributed by atoms with Gasteiger partial charge >= 0.3 is 6.09 Å². The number of para-hydroxylation sites is 1. The van der Waals surface area contributed by atoms with Gasteiger partial charge in [-0.25, -0.2) is 4.79 Å².